The average Bonchev–Trinajstić information content (AvgIpc) is 3.12. The molecule has 8 nitrogen and oxygen atoms in total. The van der Waals surface area contributed by atoms with Crippen molar-refractivity contribution >= 4 is 11.6 Å². The topological polar surface area (TPSA) is 87.0 Å². The number of nitrogens with one attached hydrogen (secondary N) is 1. The third-order valence-electron chi connectivity index (χ3n) is 4.19. The van der Waals surface area contributed by atoms with Crippen LogP contribution in [0.2, 0.25) is 0 Å². The van der Waals surface area contributed by atoms with Gasteiger partial charge in [-0.05, 0) is 36.2 Å². The number of fused-ring (bicyclic) bond motifs is 1. The van der Waals surface area contributed by atoms with Crippen LogP contribution in [0, 0.1) is 0 Å². The number of ether oxygens (including phenoxy) is 3. The molecule has 0 aliphatic carbocycles. The SMILES string of the molecule is COc1cc(CCC(=O)NCc2nnc3ccccn23)cc(OC)c1OC. The summed E-state index contributed by atoms with van der Waals surface area (Å²) in [5.74, 6) is 2.29. The first-order chi connectivity index (χ1) is 13.2. The highest BCUT2D eigenvalue weighted by atomic mass is 16.5. The Bertz CT molecular complexity index is 913. The molecule has 0 atom stereocenters. The maximum atomic E-state index is 12.2. The van der Waals surface area contributed by atoms with Crippen LogP contribution in [0.4, 0.5) is 0 Å². The zero-order chi connectivity index (χ0) is 19.2. The number of carbonyl (C=O) groups excluding carboxylic acids is 1. The molecule has 0 spiro atoms. The summed E-state index contributed by atoms with van der Waals surface area (Å²) in [4.78, 5) is 12.2. The molecule has 0 fully saturated rings. The number of aromatic nitrogens is 3. The number of nitrogens with zero attached hydrogens (tertiary/aromatic N) is 3. The molecule has 0 radical (unpaired) electrons. The third kappa shape index (κ3) is 4.11. The van der Waals surface area contributed by atoms with Crippen LogP contribution in [0.15, 0.2) is 36.5 Å². The minimum atomic E-state index is -0.0727. The fraction of sp³-hybridized carbons (Fsp3) is 0.316. The van der Waals surface area contributed by atoms with Crippen LogP contribution in [0.25, 0.3) is 5.65 Å². The Balaban J connectivity index is 1.60. The van der Waals surface area contributed by atoms with Gasteiger partial charge in [-0.3, -0.25) is 9.20 Å². The summed E-state index contributed by atoms with van der Waals surface area (Å²) in [7, 11) is 4.69. The molecule has 0 bridgehead atoms. The summed E-state index contributed by atoms with van der Waals surface area (Å²) in [6.45, 7) is 0.319. The summed E-state index contributed by atoms with van der Waals surface area (Å²) >= 11 is 0. The Labute approximate surface area is 157 Å². The van der Waals surface area contributed by atoms with Crippen LogP contribution < -0.4 is 19.5 Å². The molecule has 27 heavy (non-hydrogen) atoms. The second kappa shape index (κ2) is 8.39. The lowest BCUT2D eigenvalue weighted by molar-refractivity contribution is -0.121. The molecule has 0 aliphatic rings. The number of hydrogen-bond acceptors (Lipinski definition) is 6. The molecule has 8 heteroatoms. The first-order valence-electron chi connectivity index (χ1n) is 8.50. The van der Waals surface area contributed by atoms with Crippen LogP contribution in [0.1, 0.15) is 17.8 Å². The van der Waals surface area contributed by atoms with Crippen molar-refractivity contribution in [2.24, 2.45) is 0 Å². The number of hydrogen-bond donors (Lipinski definition) is 1. The second-order valence-corrected chi connectivity index (χ2v) is 5.86. The third-order valence-corrected chi connectivity index (χ3v) is 4.19. The van der Waals surface area contributed by atoms with Gasteiger partial charge in [0.1, 0.15) is 0 Å². The Hall–Kier alpha value is -3.29. The van der Waals surface area contributed by atoms with Gasteiger partial charge < -0.3 is 19.5 Å². The van der Waals surface area contributed by atoms with Gasteiger partial charge in [0.15, 0.2) is 23.0 Å². The molecule has 142 valence electrons. The Kier molecular flexibility index (Phi) is 5.75. The van der Waals surface area contributed by atoms with Crippen molar-refractivity contribution in [2.45, 2.75) is 19.4 Å². The number of methoxy groups -OCH3 is 3. The zero-order valence-corrected chi connectivity index (χ0v) is 15.6. The number of aryl methyl sites for hydroxylation is 1. The van der Waals surface area contributed by atoms with E-state index in [0.717, 1.165) is 11.2 Å². The molecule has 3 aromatic rings. The fourth-order valence-electron chi connectivity index (χ4n) is 2.82. The van der Waals surface area contributed by atoms with E-state index in [1.54, 1.807) is 21.3 Å². The predicted molar refractivity (Wildman–Crippen MR) is 99.3 cm³/mol. The van der Waals surface area contributed by atoms with Gasteiger partial charge in [-0.1, -0.05) is 6.07 Å². The van der Waals surface area contributed by atoms with Crippen LogP contribution in [-0.4, -0.2) is 41.8 Å². The average molecular weight is 370 g/mol. The molecule has 0 saturated carbocycles. The first kappa shape index (κ1) is 18.5. The van der Waals surface area contributed by atoms with Crippen molar-refractivity contribution in [3.8, 4) is 17.2 Å². The number of pyridine rings is 1. The minimum Gasteiger partial charge on any atom is -0.493 e. The fourth-order valence-corrected chi connectivity index (χ4v) is 2.82. The van der Waals surface area contributed by atoms with Gasteiger partial charge in [0, 0.05) is 12.6 Å². The molecule has 2 aromatic heterocycles. The lowest BCUT2D eigenvalue weighted by Gasteiger charge is -2.14. The van der Waals surface area contributed by atoms with Crippen molar-refractivity contribution in [1.82, 2.24) is 19.9 Å². The second-order valence-electron chi connectivity index (χ2n) is 5.86. The van der Waals surface area contributed by atoms with Crippen molar-refractivity contribution in [1.29, 1.82) is 0 Å². The normalized spacial score (nSPS) is 10.6. The monoisotopic (exact) mass is 370 g/mol. The maximum absolute atomic E-state index is 12.2. The number of amides is 1. The van der Waals surface area contributed by atoms with Crippen molar-refractivity contribution in [3.63, 3.8) is 0 Å². The Morgan fingerprint density at radius 3 is 2.48 bits per heavy atom. The molecule has 2 heterocycles. The van der Waals surface area contributed by atoms with E-state index in [9.17, 15) is 4.79 Å². The smallest absolute Gasteiger partial charge is 0.220 e. The highest BCUT2D eigenvalue weighted by Crippen LogP contribution is 2.38. The number of rotatable bonds is 8. The van der Waals surface area contributed by atoms with E-state index in [1.165, 1.54) is 0 Å². The van der Waals surface area contributed by atoms with Crippen molar-refractivity contribution in [2.75, 3.05) is 21.3 Å². The van der Waals surface area contributed by atoms with Crippen molar-refractivity contribution < 1.29 is 19.0 Å². The molecule has 3 rings (SSSR count). The highest BCUT2D eigenvalue weighted by Gasteiger charge is 2.14. The zero-order valence-electron chi connectivity index (χ0n) is 15.6. The summed E-state index contributed by atoms with van der Waals surface area (Å²) in [6.07, 6.45) is 2.74. The molecule has 0 saturated heterocycles. The highest BCUT2D eigenvalue weighted by molar-refractivity contribution is 5.76. The molecule has 1 N–H and O–H groups in total. The largest absolute Gasteiger partial charge is 0.493 e. The molecule has 1 amide bonds. The Morgan fingerprint density at radius 1 is 1.07 bits per heavy atom. The number of carbonyl (C=O) groups is 1. The quantitative estimate of drug-likeness (QED) is 0.653. The van der Waals surface area contributed by atoms with Gasteiger partial charge in [0.2, 0.25) is 11.7 Å². The van der Waals surface area contributed by atoms with Gasteiger partial charge >= 0.3 is 0 Å². The lowest BCUT2D eigenvalue weighted by atomic mass is 10.1. The summed E-state index contributed by atoms with van der Waals surface area (Å²) in [5.41, 5.74) is 1.67. The summed E-state index contributed by atoms with van der Waals surface area (Å²) in [5, 5.41) is 11.0. The van der Waals surface area contributed by atoms with E-state index < -0.39 is 0 Å². The summed E-state index contributed by atoms with van der Waals surface area (Å²) in [6, 6.07) is 9.35. The van der Waals surface area contributed by atoms with Gasteiger partial charge in [-0.2, -0.15) is 0 Å². The first-order valence-corrected chi connectivity index (χ1v) is 8.50. The van der Waals surface area contributed by atoms with Gasteiger partial charge in [-0.15, -0.1) is 10.2 Å². The Morgan fingerprint density at radius 2 is 1.81 bits per heavy atom. The molecule has 0 unspecified atom stereocenters. The molecular weight excluding hydrogens is 348 g/mol. The van der Waals surface area contributed by atoms with Crippen LogP contribution in [0.5, 0.6) is 17.2 Å². The van der Waals surface area contributed by atoms with E-state index in [4.69, 9.17) is 14.2 Å². The van der Waals surface area contributed by atoms with Gasteiger partial charge in [0.05, 0.1) is 27.9 Å². The van der Waals surface area contributed by atoms with E-state index in [-0.39, 0.29) is 5.91 Å². The molecule has 0 aliphatic heterocycles. The van der Waals surface area contributed by atoms with E-state index in [0.29, 0.717) is 42.5 Å². The van der Waals surface area contributed by atoms with Crippen molar-refractivity contribution in [3.05, 3.63) is 47.9 Å². The summed E-state index contributed by atoms with van der Waals surface area (Å²) < 4.78 is 17.8. The van der Waals surface area contributed by atoms with Crippen LogP contribution in [0.3, 0.4) is 0 Å². The van der Waals surface area contributed by atoms with Gasteiger partial charge in [-0.25, -0.2) is 0 Å². The van der Waals surface area contributed by atoms with E-state index in [1.807, 2.05) is 40.9 Å². The number of benzene rings is 1. The molecular formula is C19H22N4O4. The molecule has 1 aromatic carbocycles. The van der Waals surface area contributed by atoms with E-state index >= 15 is 0 Å². The van der Waals surface area contributed by atoms with Crippen LogP contribution in [-0.2, 0) is 17.8 Å². The maximum Gasteiger partial charge on any atom is 0.220 e. The van der Waals surface area contributed by atoms with Crippen LogP contribution >= 0.6 is 0 Å². The predicted octanol–water partition coefficient (Wildman–Crippen LogP) is 2.00. The van der Waals surface area contributed by atoms with Gasteiger partial charge in [0.25, 0.3) is 0 Å². The standard InChI is InChI=1S/C19H22N4O4/c1-25-14-10-13(11-15(26-2)19(14)27-3)7-8-18(24)20-12-17-22-21-16-6-4-5-9-23(16)17/h4-6,9-11H,7-8,12H2,1-3H3,(H,20,24). The van der Waals surface area contributed by atoms with E-state index in [2.05, 4.69) is 15.5 Å². The minimum absolute atomic E-state index is 0.0727. The lowest BCUT2D eigenvalue weighted by Crippen LogP contribution is -2.24.